The molecule has 0 amide bonds. The molecule has 0 atom stereocenters. The fourth-order valence-corrected chi connectivity index (χ4v) is 1.45. The zero-order valence-electron chi connectivity index (χ0n) is 8.17. The average molecular weight is 175 g/mol. The molecule has 0 aliphatic heterocycles. The van der Waals surface area contributed by atoms with Crippen molar-refractivity contribution in [3.8, 4) is 0 Å². The molecule has 0 aliphatic rings. The zero-order chi connectivity index (χ0) is 8.85. The summed E-state index contributed by atoms with van der Waals surface area (Å²) in [5, 5.41) is 0. The quantitative estimate of drug-likeness (QED) is 0.496. The second kappa shape index (κ2) is 5.90. The van der Waals surface area contributed by atoms with Gasteiger partial charge in [-0.2, -0.15) is 12.6 Å². The highest BCUT2D eigenvalue weighted by Crippen LogP contribution is 2.03. The lowest BCUT2D eigenvalue weighted by atomic mass is 10.1. The highest BCUT2D eigenvalue weighted by Gasteiger charge is 2.06. The molecule has 11 heavy (non-hydrogen) atoms. The van der Waals surface area contributed by atoms with Gasteiger partial charge in [-0.25, -0.2) is 0 Å². The second-order valence-corrected chi connectivity index (χ2v) is 4.25. The van der Waals surface area contributed by atoms with Crippen molar-refractivity contribution in [1.29, 1.82) is 0 Å². The third-order valence-corrected chi connectivity index (χ3v) is 1.85. The van der Waals surface area contributed by atoms with Crippen LogP contribution in [0.3, 0.4) is 0 Å². The normalized spacial score (nSPS) is 12.0. The minimum Gasteiger partial charge on any atom is -0.294 e. The van der Waals surface area contributed by atoms with Crippen LogP contribution in [0, 0.1) is 11.8 Å². The molecule has 0 fully saturated rings. The van der Waals surface area contributed by atoms with E-state index in [1.54, 1.807) is 0 Å². The summed E-state index contributed by atoms with van der Waals surface area (Å²) >= 11 is 4.29. The van der Waals surface area contributed by atoms with Gasteiger partial charge in [0.1, 0.15) is 0 Å². The molecule has 0 radical (unpaired) electrons. The summed E-state index contributed by atoms with van der Waals surface area (Å²) in [6.07, 6.45) is 0. The van der Waals surface area contributed by atoms with Gasteiger partial charge in [0.15, 0.2) is 0 Å². The lowest BCUT2D eigenvalue weighted by molar-refractivity contribution is 0.256. The van der Waals surface area contributed by atoms with Gasteiger partial charge in [-0.05, 0) is 11.8 Å². The molecule has 0 saturated carbocycles. The fourth-order valence-electron chi connectivity index (χ4n) is 1.22. The van der Waals surface area contributed by atoms with E-state index in [4.69, 9.17) is 0 Å². The van der Waals surface area contributed by atoms with Crippen molar-refractivity contribution >= 4 is 12.6 Å². The third-order valence-electron chi connectivity index (χ3n) is 1.45. The Balaban J connectivity index is 3.58. The van der Waals surface area contributed by atoms with E-state index in [0.29, 0.717) is 0 Å². The van der Waals surface area contributed by atoms with Crippen LogP contribution in [0.4, 0.5) is 0 Å². The van der Waals surface area contributed by atoms with Crippen LogP contribution in [-0.4, -0.2) is 23.9 Å². The summed E-state index contributed by atoms with van der Waals surface area (Å²) in [6.45, 7) is 11.3. The predicted molar refractivity (Wildman–Crippen MR) is 55.1 cm³/mol. The first kappa shape index (κ1) is 11.3. The SMILES string of the molecule is CC(C)CN(CS)CC(C)C. The van der Waals surface area contributed by atoms with E-state index < -0.39 is 0 Å². The molecule has 0 N–H and O–H groups in total. The van der Waals surface area contributed by atoms with Gasteiger partial charge in [0.2, 0.25) is 0 Å². The topological polar surface area (TPSA) is 3.24 Å². The summed E-state index contributed by atoms with van der Waals surface area (Å²) in [5.41, 5.74) is 0. The molecule has 1 nitrogen and oxygen atoms in total. The molecular formula is C9H21NS. The highest BCUT2D eigenvalue weighted by atomic mass is 32.1. The first-order chi connectivity index (χ1) is 5.06. The Morgan fingerprint density at radius 2 is 1.36 bits per heavy atom. The Kier molecular flexibility index (Phi) is 6.06. The van der Waals surface area contributed by atoms with Crippen molar-refractivity contribution in [2.24, 2.45) is 11.8 Å². The van der Waals surface area contributed by atoms with E-state index in [-0.39, 0.29) is 0 Å². The monoisotopic (exact) mass is 175 g/mol. The van der Waals surface area contributed by atoms with Crippen LogP contribution < -0.4 is 0 Å². The Morgan fingerprint density at radius 1 is 1.00 bits per heavy atom. The molecule has 0 aromatic rings. The van der Waals surface area contributed by atoms with E-state index in [1.165, 1.54) is 13.1 Å². The van der Waals surface area contributed by atoms with E-state index in [0.717, 1.165) is 17.7 Å². The van der Waals surface area contributed by atoms with Crippen LogP contribution >= 0.6 is 12.6 Å². The van der Waals surface area contributed by atoms with Crippen LogP contribution in [0.2, 0.25) is 0 Å². The van der Waals surface area contributed by atoms with Crippen LogP contribution in [-0.2, 0) is 0 Å². The minimum absolute atomic E-state index is 0.751. The maximum atomic E-state index is 4.29. The summed E-state index contributed by atoms with van der Waals surface area (Å²) < 4.78 is 0. The maximum absolute atomic E-state index is 4.29. The van der Waals surface area contributed by atoms with Crippen molar-refractivity contribution in [2.45, 2.75) is 27.7 Å². The Bertz CT molecular complexity index is 81.6. The lowest BCUT2D eigenvalue weighted by Gasteiger charge is -2.23. The fraction of sp³-hybridized carbons (Fsp3) is 1.00. The molecular weight excluding hydrogens is 154 g/mol. The first-order valence-electron chi connectivity index (χ1n) is 4.39. The standard InChI is InChI=1S/C9H21NS/c1-8(2)5-10(7-11)6-9(3)4/h8-9,11H,5-7H2,1-4H3. The largest absolute Gasteiger partial charge is 0.294 e. The molecule has 0 aromatic heterocycles. The van der Waals surface area contributed by atoms with E-state index in [1.807, 2.05) is 0 Å². The van der Waals surface area contributed by atoms with Gasteiger partial charge in [0.05, 0.1) is 0 Å². The number of rotatable bonds is 5. The van der Waals surface area contributed by atoms with E-state index in [2.05, 4.69) is 45.2 Å². The smallest absolute Gasteiger partial charge is 0.0414 e. The van der Waals surface area contributed by atoms with Crippen LogP contribution in [0.25, 0.3) is 0 Å². The molecule has 0 aliphatic carbocycles. The molecule has 2 heteroatoms. The molecule has 0 unspecified atom stereocenters. The number of nitrogens with zero attached hydrogens (tertiary/aromatic N) is 1. The molecule has 0 rings (SSSR count). The lowest BCUT2D eigenvalue weighted by Crippen LogP contribution is -2.30. The summed E-state index contributed by atoms with van der Waals surface area (Å²) in [5.74, 6) is 2.39. The maximum Gasteiger partial charge on any atom is 0.0414 e. The molecule has 0 heterocycles. The molecule has 0 aromatic carbocycles. The van der Waals surface area contributed by atoms with Gasteiger partial charge in [0.25, 0.3) is 0 Å². The zero-order valence-corrected chi connectivity index (χ0v) is 9.06. The summed E-state index contributed by atoms with van der Waals surface area (Å²) in [7, 11) is 0. The Morgan fingerprint density at radius 3 is 1.55 bits per heavy atom. The van der Waals surface area contributed by atoms with E-state index in [9.17, 15) is 0 Å². The average Bonchev–Trinajstić information content (AvgIpc) is 1.84. The molecule has 68 valence electrons. The van der Waals surface area contributed by atoms with Crippen LogP contribution in [0.5, 0.6) is 0 Å². The second-order valence-electron chi connectivity index (χ2n) is 3.97. The van der Waals surface area contributed by atoms with Crippen molar-refractivity contribution in [3.05, 3.63) is 0 Å². The third kappa shape index (κ3) is 6.70. The van der Waals surface area contributed by atoms with Gasteiger partial charge < -0.3 is 0 Å². The first-order valence-corrected chi connectivity index (χ1v) is 5.02. The number of hydrogen-bond donors (Lipinski definition) is 1. The van der Waals surface area contributed by atoms with Crippen LogP contribution in [0.1, 0.15) is 27.7 Å². The summed E-state index contributed by atoms with van der Waals surface area (Å²) in [6, 6.07) is 0. The van der Waals surface area contributed by atoms with Gasteiger partial charge in [-0.3, -0.25) is 4.90 Å². The number of hydrogen-bond acceptors (Lipinski definition) is 2. The molecule has 0 spiro atoms. The van der Waals surface area contributed by atoms with Gasteiger partial charge in [0, 0.05) is 19.0 Å². The number of thiol groups is 1. The van der Waals surface area contributed by atoms with Crippen molar-refractivity contribution in [1.82, 2.24) is 4.90 Å². The van der Waals surface area contributed by atoms with Gasteiger partial charge in [-0.15, -0.1) is 0 Å². The summed E-state index contributed by atoms with van der Waals surface area (Å²) in [4.78, 5) is 2.39. The molecule has 0 bridgehead atoms. The van der Waals surface area contributed by atoms with Crippen LogP contribution in [0.15, 0.2) is 0 Å². The van der Waals surface area contributed by atoms with E-state index >= 15 is 0 Å². The Hall–Kier alpha value is 0.310. The van der Waals surface area contributed by atoms with Crippen molar-refractivity contribution < 1.29 is 0 Å². The van der Waals surface area contributed by atoms with Gasteiger partial charge >= 0.3 is 0 Å². The Labute approximate surface area is 76.6 Å². The highest BCUT2D eigenvalue weighted by molar-refractivity contribution is 7.80. The predicted octanol–water partition coefficient (Wildman–Crippen LogP) is 2.49. The van der Waals surface area contributed by atoms with Crippen molar-refractivity contribution in [2.75, 3.05) is 19.0 Å². The molecule has 0 saturated heterocycles. The van der Waals surface area contributed by atoms with Gasteiger partial charge in [-0.1, -0.05) is 27.7 Å². The minimum atomic E-state index is 0.751. The van der Waals surface area contributed by atoms with Crippen molar-refractivity contribution in [3.63, 3.8) is 0 Å².